The number of likely N-dealkylation sites (tertiary alicyclic amines) is 1. The molecule has 21 heavy (non-hydrogen) atoms. The molecule has 0 aromatic heterocycles. The smallest absolute Gasteiger partial charge is 0.407 e. The maximum absolute atomic E-state index is 13.0. The Labute approximate surface area is 123 Å². The van der Waals surface area contributed by atoms with Crippen molar-refractivity contribution in [2.24, 2.45) is 5.92 Å². The molecule has 0 aromatic rings. The molecule has 0 aromatic carbocycles. The average Bonchev–Trinajstić information content (AvgIpc) is 3.07. The number of alkyl halides is 3. The Balaban J connectivity index is 1.96. The van der Waals surface area contributed by atoms with Crippen LogP contribution in [0.25, 0.3) is 0 Å². The second-order valence-electron chi connectivity index (χ2n) is 7.00. The molecule has 4 nitrogen and oxygen atoms in total. The number of nitrogens with one attached hydrogen (secondary N) is 1. The third-order valence-electron chi connectivity index (χ3n) is 3.73. The number of carbonyl (C=O) groups is 1. The first-order valence-corrected chi connectivity index (χ1v) is 7.35. The van der Waals surface area contributed by atoms with Crippen LogP contribution >= 0.6 is 0 Å². The van der Waals surface area contributed by atoms with Gasteiger partial charge in [0.05, 0.1) is 5.92 Å². The molecular weight excluding hydrogens is 285 g/mol. The van der Waals surface area contributed by atoms with E-state index in [0.29, 0.717) is 6.54 Å². The Kier molecular flexibility index (Phi) is 4.42. The number of alkyl carbamates (subject to hydrolysis) is 1. The molecule has 2 atom stereocenters. The molecule has 0 spiro atoms. The molecule has 2 rings (SSSR count). The lowest BCUT2D eigenvalue weighted by Gasteiger charge is -2.39. The van der Waals surface area contributed by atoms with Gasteiger partial charge in [-0.2, -0.15) is 13.2 Å². The first-order valence-electron chi connectivity index (χ1n) is 7.35. The molecule has 0 bridgehead atoms. The van der Waals surface area contributed by atoms with Gasteiger partial charge in [-0.3, -0.25) is 4.90 Å². The Hall–Kier alpha value is -0.980. The highest BCUT2D eigenvalue weighted by molar-refractivity contribution is 5.68. The number of amides is 1. The van der Waals surface area contributed by atoms with Gasteiger partial charge >= 0.3 is 12.3 Å². The van der Waals surface area contributed by atoms with Crippen molar-refractivity contribution in [3.63, 3.8) is 0 Å². The first-order chi connectivity index (χ1) is 9.54. The predicted octanol–water partition coefficient (Wildman–Crippen LogP) is 2.93. The number of hydrogen-bond donors (Lipinski definition) is 1. The standard InChI is InChI=1S/C14H23F3N2O2/c1-13(2,3)21-12(20)18-10-6-9(14(15,16)17)7-19(8-10)11-4-5-11/h9-11H,4-8H2,1-3H3,(H,18,20)/t9-,10+/m0/s1. The second-order valence-corrected chi connectivity index (χ2v) is 7.00. The van der Waals surface area contributed by atoms with E-state index in [1.165, 1.54) is 0 Å². The Morgan fingerprint density at radius 2 is 1.81 bits per heavy atom. The molecular formula is C14H23F3N2O2. The van der Waals surface area contributed by atoms with Gasteiger partial charge in [-0.1, -0.05) is 0 Å². The maximum Gasteiger partial charge on any atom is 0.407 e. The van der Waals surface area contributed by atoms with Crippen LogP contribution in [0.4, 0.5) is 18.0 Å². The minimum absolute atomic E-state index is 0.0423. The summed E-state index contributed by atoms with van der Waals surface area (Å²) in [6, 6.07) is -0.265. The summed E-state index contributed by atoms with van der Waals surface area (Å²) in [7, 11) is 0. The number of piperidine rings is 1. The summed E-state index contributed by atoms with van der Waals surface area (Å²) in [6.45, 7) is 5.69. The zero-order chi connectivity index (χ0) is 15.8. The summed E-state index contributed by atoms with van der Waals surface area (Å²) in [5, 5.41) is 2.59. The van der Waals surface area contributed by atoms with Crippen molar-refractivity contribution in [2.45, 2.75) is 63.9 Å². The lowest BCUT2D eigenvalue weighted by atomic mass is 9.93. The minimum Gasteiger partial charge on any atom is -0.444 e. The van der Waals surface area contributed by atoms with E-state index in [1.807, 2.05) is 4.90 Å². The topological polar surface area (TPSA) is 41.6 Å². The fourth-order valence-electron chi connectivity index (χ4n) is 2.69. The largest absolute Gasteiger partial charge is 0.444 e. The monoisotopic (exact) mass is 308 g/mol. The van der Waals surface area contributed by atoms with E-state index in [1.54, 1.807) is 20.8 Å². The fraction of sp³-hybridized carbons (Fsp3) is 0.929. The van der Waals surface area contributed by atoms with Crippen LogP contribution in [0.3, 0.4) is 0 Å². The van der Waals surface area contributed by atoms with Crippen molar-refractivity contribution in [1.29, 1.82) is 0 Å². The molecule has 7 heteroatoms. The lowest BCUT2D eigenvalue weighted by Crippen LogP contribution is -2.54. The molecule has 1 amide bonds. The molecule has 1 saturated heterocycles. The average molecular weight is 308 g/mol. The number of carbonyl (C=O) groups excluding carboxylic acids is 1. The van der Waals surface area contributed by atoms with Crippen LogP contribution in [0.2, 0.25) is 0 Å². The van der Waals surface area contributed by atoms with E-state index in [4.69, 9.17) is 4.74 Å². The minimum atomic E-state index is -4.22. The van der Waals surface area contributed by atoms with Crippen molar-refractivity contribution in [3.05, 3.63) is 0 Å². The van der Waals surface area contributed by atoms with Gasteiger partial charge in [0, 0.05) is 25.2 Å². The van der Waals surface area contributed by atoms with Gasteiger partial charge in [0.25, 0.3) is 0 Å². The Bertz CT molecular complexity index is 389. The SMILES string of the molecule is CC(C)(C)OC(=O)N[C@@H]1C[C@H](C(F)(F)F)CN(C2CC2)C1. The summed E-state index contributed by atoms with van der Waals surface area (Å²) in [5.74, 6) is -1.38. The normalized spacial score (nSPS) is 28.3. The summed E-state index contributed by atoms with van der Waals surface area (Å²) >= 11 is 0. The molecule has 1 aliphatic carbocycles. The van der Waals surface area contributed by atoms with Crippen LogP contribution in [-0.2, 0) is 4.74 Å². The Morgan fingerprint density at radius 1 is 1.19 bits per heavy atom. The van der Waals surface area contributed by atoms with Gasteiger partial charge in [-0.15, -0.1) is 0 Å². The Morgan fingerprint density at radius 3 is 2.29 bits per heavy atom. The number of rotatable bonds is 2. The van der Waals surface area contributed by atoms with Crippen LogP contribution in [0.1, 0.15) is 40.0 Å². The third-order valence-corrected chi connectivity index (χ3v) is 3.73. The molecule has 2 aliphatic rings. The van der Waals surface area contributed by atoms with Gasteiger partial charge in [-0.05, 0) is 40.0 Å². The fourth-order valence-corrected chi connectivity index (χ4v) is 2.69. The van der Waals surface area contributed by atoms with Gasteiger partial charge in [0.2, 0.25) is 0 Å². The highest BCUT2D eigenvalue weighted by Gasteiger charge is 2.47. The van der Waals surface area contributed by atoms with Gasteiger partial charge < -0.3 is 10.1 Å². The van der Waals surface area contributed by atoms with Crippen LogP contribution in [0.15, 0.2) is 0 Å². The van der Waals surface area contributed by atoms with Crippen LogP contribution in [0.5, 0.6) is 0 Å². The number of ether oxygens (including phenoxy) is 1. The summed E-state index contributed by atoms with van der Waals surface area (Å²) in [6.07, 6.45) is -3.05. The van der Waals surface area contributed by atoms with E-state index in [-0.39, 0.29) is 19.0 Å². The van der Waals surface area contributed by atoms with Crippen molar-refractivity contribution in [2.75, 3.05) is 13.1 Å². The molecule has 1 aliphatic heterocycles. The van der Waals surface area contributed by atoms with Crippen molar-refractivity contribution in [1.82, 2.24) is 10.2 Å². The lowest BCUT2D eigenvalue weighted by molar-refractivity contribution is -0.189. The first kappa shape index (κ1) is 16.4. The molecule has 1 N–H and O–H groups in total. The van der Waals surface area contributed by atoms with Crippen LogP contribution in [0, 0.1) is 5.92 Å². The van der Waals surface area contributed by atoms with Gasteiger partial charge in [-0.25, -0.2) is 4.79 Å². The van der Waals surface area contributed by atoms with Crippen LogP contribution < -0.4 is 5.32 Å². The molecule has 1 heterocycles. The van der Waals surface area contributed by atoms with Gasteiger partial charge in [0.1, 0.15) is 5.60 Å². The highest BCUT2D eigenvalue weighted by atomic mass is 19.4. The van der Waals surface area contributed by atoms with E-state index >= 15 is 0 Å². The molecule has 2 fully saturated rings. The maximum atomic E-state index is 13.0. The van der Waals surface area contributed by atoms with Crippen molar-refractivity contribution >= 4 is 6.09 Å². The van der Waals surface area contributed by atoms with E-state index in [9.17, 15) is 18.0 Å². The summed E-state index contributed by atoms with van der Waals surface area (Å²) < 4.78 is 44.2. The van der Waals surface area contributed by atoms with Crippen molar-refractivity contribution in [3.8, 4) is 0 Å². The van der Waals surface area contributed by atoms with E-state index in [2.05, 4.69) is 5.32 Å². The summed E-state index contributed by atoms with van der Waals surface area (Å²) in [4.78, 5) is 13.6. The zero-order valence-electron chi connectivity index (χ0n) is 12.7. The quantitative estimate of drug-likeness (QED) is 0.853. The number of hydrogen-bond acceptors (Lipinski definition) is 3. The van der Waals surface area contributed by atoms with Crippen LogP contribution in [-0.4, -0.2) is 47.9 Å². The summed E-state index contributed by atoms with van der Waals surface area (Å²) in [5.41, 5.74) is -0.654. The van der Waals surface area contributed by atoms with E-state index in [0.717, 1.165) is 12.8 Å². The van der Waals surface area contributed by atoms with Gasteiger partial charge in [0.15, 0.2) is 0 Å². The number of nitrogens with zero attached hydrogens (tertiary/aromatic N) is 1. The molecule has 122 valence electrons. The molecule has 1 saturated carbocycles. The molecule has 0 unspecified atom stereocenters. The highest BCUT2D eigenvalue weighted by Crippen LogP contribution is 2.37. The molecule has 0 radical (unpaired) electrons. The van der Waals surface area contributed by atoms with Crippen molar-refractivity contribution < 1.29 is 22.7 Å². The number of halogens is 3. The zero-order valence-corrected chi connectivity index (χ0v) is 12.7. The second kappa shape index (κ2) is 5.66. The third kappa shape index (κ3) is 5.05. The predicted molar refractivity (Wildman–Crippen MR) is 71.9 cm³/mol. The van der Waals surface area contributed by atoms with E-state index < -0.39 is 29.8 Å².